The molecule has 0 amide bonds. The summed E-state index contributed by atoms with van der Waals surface area (Å²) in [6.45, 7) is 1.58. The molecule has 0 unspecified atom stereocenters. The molecule has 0 saturated carbocycles. The lowest BCUT2D eigenvalue weighted by molar-refractivity contribution is 0.857. The van der Waals surface area contributed by atoms with E-state index in [1.54, 1.807) is 32.4 Å². The van der Waals surface area contributed by atoms with Crippen LogP contribution in [0.1, 0.15) is 6.92 Å². The van der Waals surface area contributed by atoms with Crippen LogP contribution in [0.15, 0.2) is 23.3 Å². The zero-order valence-corrected chi connectivity index (χ0v) is 7.98. The molecule has 2 rings (SSSR count). The molecule has 0 aromatic carbocycles. The predicted molar refractivity (Wildman–Crippen MR) is 53.8 cm³/mol. The monoisotopic (exact) mass is 190 g/mol. The van der Waals surface area contributed by atoms with Crippen LogP contribution in [-0.2, 0) is 7.05 Å². The molecule has 2 heterocycles. The lowest BCUT2D eigenvalue weighted by atomic mass is 10.4. The first-order valence-electron chi connectivity index (χ1n) is 4.20. The van der Waals surface area contributed by atoms with E-state index in [4.69, 9.17) is 5.41 Å². The lowest BCUT2D eigenvalue weighted by Crippen LogP contribution is -2.25. The number of nitrogens with zero attached hydrogens (tertiary/aromatic N) is 3. The van der Waals surface area contributed by atoms with Gasteiger partial charge in [0.25, 0.3) is 0 Å². The van der Waals surface area contributed by atoms with Crippen molar-refractivity contribution in [3.63, 3.8) is 0 Å². The van der Waals surface area contributed by atoms with Gasteiger partial charge in [0.2, 0.25) is 0 Å². The van der Waals surface area contributed by atoms with Gasteiger partial charge in [0.1, 0.15) is 5.84 Å². The highest BCUT2D eigenvalue weighted by Crippen LogP contribution is 2.08. The van der Waals surface area contributed by atoms with Crippen molar-refractivity contribution in [3.05, 3.63) is 28.9 Å². The summed E-state index contributed by atoms with van der Waals surface area (Å²) in [5, 5.41) is 7.50. The molecule has 1 N–H and O–H groups in total. The number of imidazole rings is 1. The maximum Gasteiger partial charge on any atom is 0.334 e. The van der Waals surface area contributed by atoms with Crippen LogP contribution in [0.25, 0.3) is 11.0 Å². The molecule has 14 heavy (non-hydrogen) atoms. The van der Waals surface area contributed by atoms with Crippen molar-refractivity contribution in [1.29, 1.82) is 5.41 Å². The number of rotatable bonds is 0. The van der Waals surface area contributed by atoms with Crippen LogP contribution in [0.5, 0.6) is 0 Å². The normalized spacial score (nSPS) is 10.7. The van der Waals surface area contributed by atoms with Gasteiger partial charge in [0.15, 0.2) is 0 Å². The molecule has 0 saturated heterocycles. The van der Waals surface area contributed by atoms with Gasteiger partial charge in [-0.2, -0.15) is 0 Å². The Morgan fingerprint density at radius 3 is 2.86 bits per heavy atom. The molecule has 2 aromatic heterocycles. The summed E-state index contributed by atoms with van der Waals surface area (Å²) in [6.07, 6.45) is 3.23. The average Bonchev–Trinajstić information content (AvgIpc) is 2.41. The summed E-state index contributed by atoms with van der Waals surface area (Å²) >= 11 is 0. The molecule has 0 aliphatic carbocycles. The van der Waals surface area contributed by atoms with Gasteiger partial charge in [-0.25, -0.2) is 9.36 Å². The maximum atomic E-state index is 11.7. The summed E-state index contributed by atoms with van der Waals surface area (Å²) < 4.78 is 2.84. The van der Waals surface area contributed by atoms with E-state index in [1.807, 2.05) is 0 Å². The molecule has 0 aliphatic rings. The maximum absolute atomic E-state index is 11.7. The summed E-state index contributed by atoms with van der Waals surface area (Å²) in [5.41, 5.74) is 1.25. The van der Waals surface area contributed by atoms with E-state index in [0.717, 1.165) is 11.0 Å². The van der Waals surface area contributed by atoms with Crippen LogP contribution in [0.2, 0.25) is 0 Å². The zero-order chi connectivity index (χ0) is 10.3. The molecule has 0 spiro atoms. The fourth-order valence-corrected chi connectivity index (χ4v) is 1.51. The van der Waals surface area contributed by atoms with Crippen LogP contribution in [-0.4, -0.2) is 20.0 Å². The molecular formula is C9H10N4O. The highest BCUT2D eigenvalue weighted by molar-refractivity contribution is 5.90. The third kappa shape index (κ3) is 0.985. The Bertz CT molecular complexity index is 564. The highest BCUT2D eigenvalue weighted by atomic mass is 16.1. The van der Waals surface area contributed by atoms with E-state index >= 15 is 0 Å². The summed E-state index contributed by atoms with van der Waals surface area (Å²) in [6, 6.07) is 1.73. The number of fused-ring (bicyclic) bond motifs is 1. The summed E-state index contributed by atoms with van der Waals surface area (Å²) in [4.78, 5) is 15.6. The Morgan fingerprint density at radius 2 is 2.21 bits per heavy atom. The summed E-state index contributed by atoms with van der Waals surface area (Å²) in [7, 11) is 1.67. The minimum atomic E-state index is -0.208. The van der Waals surface area contributed by atoms with Crippen LogP contribution in [0, 0.1) is 5.41 Å². The number of nitrogens with one attached hydrogen (secondary N) is 1. The lowest BCUT2D eigenvalue weighted by Gasteiger charge is -1.96. The zero-order valence-electron chi connectivity index (χ0n) is 7.98. The topological polar surface area (TPSA) is 63.7 Å². The Balaban J connectivity index is 3.03. The van der Waals surface area contributed by atoms with Gasteiger partial charge in [-0.15, -0.1) is 0 Å². The first-order valence-corrected chi connectivity index (χ1v) is 4.20. The quantitative estimate of drug-likeness (QED) is 0.488. The van der Waals surface area contributed by atoms with E-state index in [2.05, 4.69) is 4.98 Å². The van der Waals surface area contributed by atoms with Crippen molar-refractivity contribution in [3.8, 4) is 0 Å². The molecule has 2 aromatic rings. The molecule has 0 radical (unpaired) electrons. The number of aryl methyl sites for hydroxylation is 1. The van der Waals surface area contributed by atoms with Gasteiger partial charge in [0, 0.05) is 13.2 Å². The van der Waals surface area contributed by atoms with Crippen molar-refractivity contribution in [2.24, 2.45) is 7.05 Å². The Kier molecular flexibility index (Phi) is 1.73. The van der Waals surface area contributed by atoms with E-state index in [9.17, 15) is 4.79 Å². The van der Waals surface area contributed by atoms with Crippen molar-refractivity contribution in [2.75, 3.05) is 0 Å². The van der Waals surface area contributed by atoms with E-state index in [-0.39, 0.29) is 11.5 Å². The number of pyridine rings is 1. The van der Waals surface area contributed by atoms with Gasteiger partial charge in [0.05, 0.1) is 17.2 Å². The fourth-order valence-electron chi connectivity index (χ4n) is 1.51. The molecule has 0 atom stereocenters. The first-order chi connectivity index (χ1) is 6.63. The van der Waals surface area contributed by atoms with Crippen molar-refractivity contribution < 1.29 is 0 Å². The molecule has 0 fully saturated rings. The van der Waals surface area contributed by atoms with Crippen molar-refractivity contribution in [2.45, 2.75) is 6.92 Å². The second-order valence-electron chi connectivity index (χ2n) is 3.13. The van der Waals surface area contributed by atoms with Gasteiger partial charge in [-0.3, -0.25) is 15.0 Å². The number of hydrogen-bond donors (Lipinski definition) is 1. The molecule has 0 bridgehead atoms. The second-order valence-corrected chi connectivity index (χ2v) is 3.13. The third-order valence-corrected chi connectivity index (χ3v) is 2.19. The van der Waals surface area contributed by atoms with Gasteiger partial charge in [-0.1, -0.05) is 0 Å². The van der Waals surface area contributed by atoms with Gasteiger partial charge in [-0.05, 0) is 13.0 Å². The molecule has 5 heteroatoms. The van der Waals surface area contributed by atoms with E-state index < -0.39 is 0 Å². The predicted octanol–water partition coefficient (Wildman–Crippen LogP) is 0.580. The van der Waals surface area contributed by atoms with Crippen LogP contribution >= 0.6 is 0 Å². The van der Waals surface area contributed by atoms with Crippen molar-refractivity contribution in [1.82, 2.24) is 14.1 Å². The second kappa shape index (κ2) is 2.80. The Hall–Kier alpha value is -1.91. The van der Waals surface area contributed by atoms with E-state index in [1.165, 1.54) is 9.13 Å². The van der Waals surface area contributed by atoms with Crippen LogP contribution in [0.4, 0.5) is 0 Å². The highest BCUT2D eigenvalue weighted by Gasteiger charge is 2.10. The molecular weight excluding hydrogens is 180 g/mol. The Labute approximate surface area is 80.1 Å². The first kappa shape index (κ1) is 8.68. The Morgan fingerprint density at radius 1 is 1.50 bits per heavy atom. The average molecular weight is 190 g/mol. The smallest absolute Gasteiger partial charge is 0.293 e. The van der Waals surface area contributed by atoms with Crippen LogP contribution < -0.4 is 5.69 Å². The molecule has 0 aliphatic heterocycles. The number of aromatic nitrogens is 3. The number of hydrogen-bond acceptors (Lipinski definition) is 3. The minimum Gasteiger partial charge on any atom is -0.293 e. The largest absolute Gasteiger partial charge is 0.334 e. The fraction of sp³-hybridized carbons (Fsp3) is 0.222. The molecule has 72 valence electrons. The van der Waals surface area contributed by atoms with Gasteiger partial charge < -0.3 is 0 Å². The molecule has 5 nitrogen and oxygen atoms in total. The minimum absolute atomic E-state index is 0.208. The van der Waals surface area contributed by atoms with Crippen LogP contribution in [0.3, 0.4) is 0 Å². The third-order valence-electron chi connectivity index (χ3n) is 2.19. The van der Waals surface area contributed by atoms with Gasteiger partial charge >= 0.3 is 5.69 Å². The van der Waals surface area contributed by atoms with Crippen molar-refractivity contribution >= 4 is 16.9 Å². The standard InChI is InChI=1S/C9H10N4O/c1-6(10)13-7-3-4-11-5-8(7)12(2)9(13)14/h3-5,10H,1-2H3. The van der Waals surface area contributed by atoms with E-state index in [0.29, 0.717) is 0 Å². The SMILES string of the molecule is CC(=N)n1c(=O)n(C)c2cnccc21. The summed E-state index contributed by atoms with van der Waals surface area (Å²) in [5.74, 6) is 0.215.